The standard InChI is InChI=1S/C13H18N2O2.ClH/c16-15(17)13-8-6-11(7-9-13)10-14-12-4-2-1-3-5-12;/h6-9,12,14H,1-5,10H2;1H. The first-order chi connectivity index (χ1) is 8.25. The van der Waals surface area contributed by atoms with Crippen molar-refractivity contribution >= 4 is 18.1 Å². The molecule has 1 aliphatic rings. The van der Waals surface area contributed by atoms with Gasteiger partial charge in [0.1, 0.15) is 0 Å². The van der Waals surface area contributed by atoms with Gasteiger partial charge in [-0.3, -0.25) is 10.1 Å². The Morgan fingerprint density at radius 3 is 2.33 bits per heavy atom. The van der Waals surface area contributed by atoms with Crippen molar-refractivity contribution in [3.8, 4) is 0 Å². The predicted octanol–water partition coefficient (Wildman–Crippen LogP) is 3.44. The first-order valence-electron chi connectivity index (χ1n) is 6.22. The molecule has 0 atom stereocenters. The summed E-state index contributed by atoms with van der Waals surface area (Å²) in [7, 11) is 0. The van der Waals surface area contributed by atoms with Crippen LogP contribution in [-0.2, 0) is 6.54 Å². The normalized spacial score (nSPS) is 16.0. The number of hydrogen-bond donors (Lipinski definition) is 1. The number of rotatable bonds is 4. The number of benzene rings is 1. The smallest absolute Gasteiger partial charge is 0.269 e. The molecule has 1 aromatic carbocycles. The summed E-state index contributed by atoms with van der Waals surface area (Å²) < 4.78 is 0. The van der Waals surface area contributed by atoms with Crippen molar-refractivity contribution < 1.29 is 4.92 Å². The van der Waals surface area contributed by atoms with Crippen LogP contribution in [0.4, 0.5) is 5.69 Å². The number of non-ortho nitro benzene ring substituents is 1. The molecule has 0 unspecified atom stereocenters. The molecule has 18 heavy (non-hydrogen) atoms. The van der Waals surface area contributed by atoms with Gasteiger partial charge in [0.25, 0.3) is 5.69 Å². The quantitative estimate of drug-likeness (QED) is 0.673. The summed E-state index contributed by atoms with van der Waals surface area (Å²) in [6.45, 7) is 0.808. The number of nitro groups is 1. The highest BCUT2D eigenvalue weighted by Gasteiger charge is 2.12. The van der Waals surface area contributed by atoms with Gasteiger partial charge in [-0.25, -0.2) is 0 Å². The largest absolute Gasteiger partial charge is 0.310 e. The summed E-state index contributed by atoms with van der Waals surface area (Å²) in [6.07, 6.45) is 6.51. The Kier molecular flexibility index (Phi) is 6.09. The zero-order valence-electron chi connectivity index (χ0n) is 10.3. The van der Waals surface area contributed by atoms with E-state index in [9.17, 15) is 10.1 Å². The van der Waals surface area contributed by atoms with Crippen molar-refractivity contribution in [2.24, 2.45) is 0 Å². The molecule has 0 spiro atoms. The molecule has 5 heteroatoms. The molecule has 0 radical (unpaired) electrons. The van der Waals surface area contributed by atoms with Crippen molar-refractivity contribution in [3.63, 3.8) is 0 Å². The van der Waals surface area contributed by atoms with Crippen LogP contribution in [0.3, 0.4) is 0 Å². The van der Waals surface area contributed by atoms with Gasteiger partial charge in [0, 0.05) is 24.7 Å². The molecular formula is C13H19ClN2O2. The minimum Gasteiger partial charge on any atom is -0.310 e. The van der Waals surface area contributed by atoms with Gasteiger partial charge in [-0.05, 0) is 18.4 Å². The minimum absolute atomic E-state index is 0. The van der Waals surface area contributed by atoms with Gasteiger partial charge in [0.05, 0.1) is 4.92 Å². The lowest BCUT2D eigenvalue weighted by molar-refractivity contribution is -0.384. The van der Waals surface area contributed by atoms with Crippen LogP contribution >= 0.6 is 12.4 Å². The van der Waals surface area contributed by atoms with Gasteiger partial charge < -0.3 is 5.32 Å². The van der Waals surface area contributed by atoms with E-state index in [2.05, 4.69) is 5.32 Å². The lowest BCUT2D eigenvalue weighted by Crippen LogP contribution is -2.30. The fraction of sp³-hybridized carbons (Fsp3) is 0.538. The highest BCUT2D eigenvalue weighted by molar-refractivity contribution is 5.85. The topological polar surface area (TPSA) is 55.2 Å². The van der Waals surface area contributed by atoms with E-state index in [1.807, 2.05) is 12.1 Å². The van der Waals surface area contributed by atoms with Crippen molar-refractivity contribution in [3.05, 3.63) is 39.9 Å². The Bertz CT molecular complexity index is 375. The molecule has 0 aliphatic heterocycles. The van der Waals surface area contributed by atoms with Crippen molar-refractivity contribution in [1.29, 1.82) is 0 Å². The second-order valence-electron chi connectivity index (χ2n) is 4.64. The van der Waals surface area contributed by atoms with E-state index in [4.69, 9.17) is 0 Å². The van der Waals surface area contributed by atoms with E-state index < -0.39 is 0 Å². The third kappa shape index (κ3) is 4.27. The van der Waals surface area contributed by atoms with E-state index in [1.165, 1.54) is 32.1 Å². The van der Waals surface area contributed by atoms with E-state index >= 15 is 0 Å². The molecule has 0 amide bonds. The van der Waals surface area contributed by atoms with Gasteiger partial charge >= 0.3 is 0 Å². The second kappa shape index (κ2) is 7.34. The van der Waals surface area contributed by atoms with Crippen LogP contribution in [0, 0.1) is 10.1 Å². The fourth-order valence-corrected chi connectivity index (χ4v) is 2.30. The van der Waals surface area contributed by atoms with Crippen molar-refractivity contribution in [2.75, 3.05) is 0 Å². The van der Waals surface area contributed by atoms with Crippen LogP contribution in [-0.4, -0.2) is 11.0 Å². The molecule has 0 bridgehead atoms. The van der Waals surface area contributed by atoms with Crippen molar-refractivity contribution in [2.45, 2.75) is 44.7 Å². The molecule has 4 nitrogen and oxygen atoms in total. The Balaban J connectivity index is 0.00000162. The van der Waals surface area contributed by atoms with Crippen LogP contribution in [0.2, 0.25) is 0 Å². The van der Waals surface area contributed by atoms with Crippen LogP contribution in [0.25, 0.3) is 0 Å². The Morgan fingerprint density at radius 1 is 1.17 bits per heavy atom. The minimum atomic E-state index is -0.363. The maximum atomic E-state index is 10.5. The maximum absolute atomic E-state index is 10.5. The Morgan fingerprint density at radius 2 is 1.78 bits per heavy atom. The summed E-state index contributed by atoms with van der Waals surface area (Å²) >= 11 is 0. The highest BCUT2D eigenvalue weighted by Crippen LogP contribution is 2.18. The number of nitro benzene ring substituents is 1. The number of hydrogen-bond acceptors (Lipinski definition) is 3. The average molecular weight is 271 g/mol. The lowest BCUT2D eigenvalue weighted by atomic mass is 9.95. The van der Waals surface area contributed by atoms with Crippen LogP contribution < -0.4 is 5.32 Å². The molecular weight excluding hydrogens is 252 g/mol. The number of nitrogens with zero attached hydrogens (tertiary/aromatic N) is 1. The molecule has 1 saturated carbocycles. The summed E-state index contributed by atoms with van der Waals surface area (Å²) in [5.41, 5.74) is 1.27. The Labute approximate surface area is 113 Å². The number of halogens is 1. The predicted molar refractivity (Wildman–Crippen MR) is 74.1 cm³/mol. The molecule has 1 fully saturated rings. The third-order valence-electron chi connectivity index (χ3n) is 3.35. The molecule has 2 rings (SSSR count). The zero-order valence-corrected chi connectivity index (χ0v) is 11.1. The van der Waals surface area contributed by atoms with Gasteiger partial charge in [-0.1, -0.05) is 31.4 Å². The van der Waals surface area contributed by atoms with E-state index in [0.717, 1.165) is 12.1 Å². The summed E-state index contributed by atoms with van der Waals surface area (Å²) in [4.78, 5) is 10.1. The summed E-state index contributed by atoms with van der Waals surface area (Å²) in [5.74, 6) is 0. The molecule has 0 heterocycles. The molecule has 0 saturated heterocycles. The third-order valence-corrected chi connectivity index (χ3v) is 3.35. The maximum Gasteiger partial charge on any atom is 0.269 e. The molecule has 0 aromatic heterocycles. The molecule has 1 N–H and O–H groups in total. The van der Waals surface area contributed by atoms with Gasteiger partial charge in [-0.15, -0.1) is 12.4 Å². The van der Waals surface area contributed by atoms with E-state index in [-0.39, 0.29) is 23.0 Å². The summed E-state index contributed by atoms with van der Waals surface area (Å²) in [6, 6.07) is 7.41. The van der Waals surface area contributed by atoms with Crippen LogP contribution in [0.15, 0.2) is 24.3 Å². The summed E-state index contributed by atoms with van der Waals surface area (Å²) in [5, 5.41) is 14.0. The molecule has 100 valence electrons. The molecule has 1 aromatic rings. The SMILES string of the molecule is Cl.O=[N+]([O-])c1ccc(CNC2CCCCC2)cc1. The number of nitrogens with one attached hydrogen (secondary N) is 1. The Hall–Kier alpha value is -1.13. The lowest BCUT2D eigenvalue weighted by Gasteiger charge is -2.22. The highest BCUT2D eigenvalue weighted by atomic mass is 35.5. The fourth-order valence-electron chi connectivity index (χ4n) is 2.30. The van der Waals surface area contributed by atoms with E-state index in [1.54, 1.807) is 12.1 Å². The van der Waals surface area contributed by atoms with Gasteiger partial charge in [0.2, 0.25) is 0 Å². The zero-order chi connectivity index (χ0) is 12.1. The van der Waals surface area contributed by atoms with E-state index in [0.29, 0.717) is 6.04 Å². The second-order valence-corrected chi connectivity index (χ2v) is 4.64. The van der Waals surface area contributed by atoms with Gasteiger partial charge in [-0.2, -0.15) is 0 Å². The van der Waals surface area contributed by atoms with Crippen molar-refractivity contribution in [1.82, 2.24) is 5.32 Å². The monoisotopic (exact) mass is 270 g/mol. The first-order valence-corrected chi connectivity index (χ1v) is 6.22. The van der Waals surface area contributed by atoms with Gasteiger partial charge in [0.15, 0.2) is 0 Å². The van der Waals surface area contributed by atoms with Crippen LogP contribution in [0.1, 0.15) is 37.7 Å². The van der Waals surface area contributed by atoms with Crippen LogP contribution in [0.5, 0.6) is 0 Å². The average Bonchev–Trinajstić information content (AvgIpc) is 2.38. The first kappa shape index (κ1) is 14.9. The molecule has 1 aliphatic carbocycles.